The Morgan fingerprint density at radius 2 is 2.11 bits per heavy atom. The van der Waals surface area contributed by atoms with Crippen LogP contribution in [0.2, 0.25) is 0 Å². The number of aromatic nitrogens is 1. The van der Waals surface area contributed by atoms with Crippen LogP contribution in [0, 0.1) is 0 Å². The number of nitrogens with one attached hydrogen (secondary N) is 1. The lowest BCUT2D eigenvalue weighted by Gasteiger charge is -2.07. The monoisotopic (exact) mass is 278 g/mol. The average molecular weight is 278 g/mol. The van der Waals surface area contributed by atoms with Crippen molar-refractivity contribution in [1.29, 1.82) is 0 Å². The van der Waals surface area contributed by atoms with Crippen LogP contribution >= 0.6 is 11.3 Å². The highest BCUT2D eigenvalue weighted by molar-refractivity contribution is 7.17. The minimum atomic E-state index is 0.131. The van der Waals surface area contributed by atoms with Gasteiger partial charge in [-0.25, -0.2) is 0 Å². The normalized spacial score (nSPS) is 11.2. The molecule has 0 aliphatic rings. The number of hydrogen-bond acceptors (Lipinski definition) is 3. The Labute approximate surface area is 118 Å². The second-order valence-electron chi connectivity index (χ2n) is 4.82. The van der Waals surface area contributed by atoms with Crippen LogP contribution in [0.3, 0.4) is 0 Å². The number of fused-ring (bicyclic) bond motifs is 1. The summed E-state index contributed by atoms with van der Waals surface area (Å²) in [5.74, 6) is 0. The molecule has 0 radical (unpaired) electrons. The largest absolute Gasteiger partial charge is 0.315 e. The standard InChI is InChI=1S/C15H22N2OS/c1-2-3-4-5-8-16-9-11-17-10-6-14-13(15(17)18)7-12-19-14/h6-7,10,12,16H,2-5,8-9,11H2,1H3. The van der Waals surface area contributed by atoms with Gasteiger partial charge in [-0.3, -0.25) is 4.79 Å². The molecule has 2 aromatic rings. The Kier molecular flexibility index (Phi) is 5.61. The Balaban J connectivity index is 1.78. The molecule has 0 fully saturated rings. The van der Waals surface area contributed by atoms with E-state index in [0.29, 0.717) is 0 Å². The molecule has 2 heterocycles. The van der Waals surface area contributed by atoms with Gasteiger partial charge < -0.3 is 9.88 Å². The minimum Gasteiger partial charge on any atom is -0.315 e. The second kappa shape index (κ2) is 7.46. The molecule has 2 rings (SSSR count). The van der Waals surface area contributed by atoms with Gasteiger partial charge in [0, 0.05) is 24.0 Å². The highest BCUT2D eigenvalue weighted by atomic mass is 32.1. The van der Waals surface area contributed by atoms with E-state index in [4.69, 9.17) is 0 Å². The van der Waals surface area contributed by atoms with Gasteiger partial charge in [-0.05, 0) is 30.5 Å². The molecule has 104 valence electrons. The summed E-state index contributed by atoms with van der Waals surface area (Å²) in [7, 11) is 0. The summed E-state index contributed by atoms with van der Waals surface area (Å²) in [4.78, 5) is 12.1. The van der Waals surface area contributed by atoms with Crippen LogP contribution in [0.1, 0.15) is 32.6 Å². The number of pyridine rings is 1. The number of thiophene rings is 1. The third-order valence-electron chi connectivity index (χ3n) is 3.33. The van der Waals surface area contributed by atoms with E-state index < -0.39 is 0 Å². The van der Waals surface area contributed by atoms with Gasteiger partial charge >= 0.3 is 0 Å². The van der Waals surface area contributed by atoms with E-state index in [1.165, 1.54) is 25.7 Å². The fraction of sp³-hybridized carbons (Fsp3) is 0.533. The van der Waals surface area contributed by atoms with Crippen molar-refractivity contribution in [3.63, 3.8) is 0 Å². The maximum atomic E-state index is 12.1. The van der Waals surface area contributed by atoms with Crippen LogP contribution in [0.25, 0.3) is 10.1 Å². The Bertz CT molecular complexity index is 559. The quantitative estimate of drug-likeness (QED) is 0.752. The second-order valence-corrected chi connectivity index (χ2v) is 5.77. The lowest BCUT2D eigenvalue weighted by Crippen LogP contribution is -2.27. The molecular weight excluding hydrogens is 256 g/mol. The maximum absolute atomic E-state index is 12.1. The van der Waals surface area contributed by atoms with E-state index in [0.717, 1.165) is 29.7 Å². The maximum Gasteiger partial charge on any atom is 0.259 e. The van der Waals surface area contributed by atoms with Gasteiger partial charge in [0.1, 0.15) is 0 Å². The van der Waals surface area contributed by atoms with Crippen molar-refractivity contribution >= 4 is 21.4 Å². The van der Waals surface area contributed by atoms with Crippen molar-refractivity contribution in [2.45, 2.75) is 39.2 Å². The van der Waals surface area contributed by atoms with Crippen LogP contribution < -0.4 is 10.9 Å². The minimum absolute atomic E-state index is 0.131. The molecule has 0 saturated carbocycles. The predicted octanol–water partition coefficient (Wildman–Crippen LogP) is 3.23. The Hall–Kier alpha value is -1.13. The summed E-state index contributed by atoms with van der Waals surface area (Å²) >= 11 is 1.62. The van der Waals surface area contributed by atoms with E-state index in [-0.39, 0.29) is 5.56 Å². The molecule has 3 nitrogen and oxygen atoms in total. The van der Waals surface area contributed by atoms with Crippen LogP contribution in [-0.2, 0) is 6.54 Å². The molecule has 0 aliphatic carbocycles. The zero-order valence-corrected chi connectivity index (χ0v) is 12.3. The lowest BCUT2D eigenvalue weighted by atomic mass is 10.2. The van der Waals surface area contributed by atoms with E-state index in [1.54, 1.807) is 15.9 Å². The Morgan fingerprint density at radius 3 is 2.95 bits per heavy atom. The highest BCUT2D eigenvalue weighted by Gasteiger charge is 2.02. The summed E-state index contributed by atoms with van der Waals surface area (Å²) in [6.45, 7) is 4.88. The first-order chi connectivity index (χ1) is 9.33. The topological polar surface area (TPSA) is 34.0 Å². The van der Waals surface area contributed by atoms with Gasteiger partial charge in [-0.1, -0.05) is 26.2 Å². The van der Waals surface area contributed by atoms with Gasteiger partial charge in [-0.15, -0.1) is 11.3 Å². The van der Waals surface area contributed by atoms with Crippen molar-refractivity contribution in [2.24, 2.45) is 0 Å². The van der Waals surface area contributed by atoms with E-state index in [1.807, 2.05) is 23.7 Å². The van der Waals surface area contributed by atoms with E-state index in [2.05, 4.69) is 12.2 Å². The SMILES string of the molecule is CCCCCCNCCn1ccc2sccc2c1=O. The molecule has 0 aliphatic heterocycles. The molecule has 19 heavy (non-hydrogen) atoms. The lowest BCUT2D eigenvalue weighted by molar-refractivity contribution is 0.556. The molecule has 0 aromatic carbocycles. The van der Waals surface area contributed by atoms with Crippen molar-refractivity contribution in [2.75, 3.05) is 13.1 Å². The first kappa shape index (κ1) is 14.3. The number of nitrogens with zero attached hydrogens (tertiary/aromatic N) is 1. The van der Waals surface area contributed by atoms with E-state index in [9.17, 15) is 4.79 Å². The van der Waals surface area contributed by atoms with Gasteiger partial charge in [0.25, 0.3) is 5.56 Å². The third kappa shape index (κ3) is 3.91. The molecule has 0 spiro atoms. The van der Waals surface area contributed by atoms with Crippen LogP contribution in [0.4, 0.5) is 0 Å². The first-order valence-corrected chi connectivity index (χ1v) is 7.98. The van der Waals surface area contributed by atoms with Crippen molar-refractivity contribution in [3.8, 4) is 0 Å². The first-order valence-electron chi connectivity index (χ1n) is 7.10. The van der Waals surface area contributed by atoms with Gasteiger partial charge in [0.15, 0.2) is 0 Å². The fourth-order valence-corrected chi connectivity index (χ4v) is 2.96. The Morgan fingerprint density at radius 1 is 1.21 bits per heavy atom. The molecular formula is C15H22N2OS. The summed E-state index contributed by atoms with van der Waals surface area (Å²) in [6, 6.07) is 3.94. The van der Waals surface area contributed by atoms with E-state index >= 15 is 0 Å². The molecule has 4 heteroatoms. The molecule has 0 unspecified atom stereocenters. The zero-order valence-electron chi connectivity index (χ0n) is 11.5. The van der Waals surface area contributed by atoms with Gasteiger partial charge in [-0.2, -0.15) is 0 Å². The number of hydrogen-bond donors (Lipinski definition) is 1. The third-order valence-corrected chi connectivity index (χ3v) is 4.21. The van der Waals surface area contributed by atoms with Gasteiger partial charge in [0.2, 0.25) is 0 Å². The number of rotatable bonds is 8. The molecule has 2 aromatic heterocycles. The zero-order chi connectivity index (χ0) is 13.5. The molecule has 0 saturated heterocycles. The average Bonchev–Trinajstić information content (AvgIpc) is 2.89. The van der Waals surface area contributed by atoms with Crippen molar-refractivity contribution in [3.05, 3.63) is 34.1 Å². The fourth-order valence-electron chi connectivity index (χ4n) is 2.18. The van der Waals surface area contributed by atoms with Crippen LogP contribution in [-0.4, -0.2) is 17.7 Å². The smallest absolute Gasteiger partial charge is 0.259 e. The molecule has 0 atom stereocenters. The highest BCUT2D eigenvalue weighted by Crippen LogP contribution is 2.15. The van der Waals surface area contributed by atoms with Gasteiger partial charge in [0.05, 0.1) is 5.39 Å². The summed E-state index contributed by atoms with van der Waals surface area (Å²) in [6.07, 6.45) is 7.02. The van der Waals surface area contributed by atoms with Crippen molar-refractivity contribution in [1.82, 2.24) is 9.88 Å². The molecule has 1 N–H and O–H groups in total. The summed E-state index contributed by atoms with van der Waals surface area (Å²) in [5.41, 5.74) is 0.131. The summed E-state index contributed by atoms with van der Waals surface area (Å²) < 4.78 is 2.88. The van der Waals surface area contributed by atoms with Crippen molar-refractivity contribution < 1.29 is 0 Å². The van der Waals surface area contributed by atoms with Crippen LogP contribution in [0.5, 0.6) is 0 Å². The number of unbranched alkanes of at least 4 members (excludes halogenated alkanes) is 3. The predicted molar refractivity (Wildman–Crippen MR) is 83.1 cm³/mol. The van der Waals surface area contributed by atoms with Crippen LogP contribution in [0.15, 0.2) is 28.5 Å². The summed E-state index contributed by atoms with van der Waals surface area (Å²) in [5, 5.41) is 6.22. The molecule has 0 amide bonds. The molecule has 0 bridgehead atoms.